The molecule has 1 heterocycles. The third-order valence-corrected chi connectivity index (χ3v) is 3.97. The van der Waals surface area contributed by atoms with E-state index >= 15 is 0 Å². The second kappa shape index (κ2) is 6.38. The molecule has 0 atom stereocenters. The van der Waals surface area contributed by atoms with E-state index in [1.165, 1.54) is 10.4 Å². The van der Waals surface area contributed by atoms with Crippen LogP contribution in [0.3, 0.4) is 0 Å². The predicted octanol–water partition coefficient (Wildman–Crippen LogP) is 2.88. The van der Waals surface area contributed by atoms with Gasteiger partial charge in [0, 0.05) is 10.4 Å². The van der Waals surface area contributed by atoms with Crippen LogP contribution in [-0.4, -0.2) is 11.0 Å². The summed E-state index contributed by atoms with van der Waals surface area (Å²) in [5, 5.41) is 14.6. The monoisotopic (exact) mass is 275 g/mol. The van der Waals surface area contributed by atoms with Crippen LogP contribution in [0.25, 0.3) is 0 Å². The van der Waals surface area contributed by atoms with Crippen LogP contribution < -0.4 is 5.32 Å². The first-order valence-corrected chi connectivity index (χ1v) is 7.17. The molecule has 4 heteroatoms. The Kier molecular flexibility index (Phi) is 4.58. The van der Waals surface area contributed by atoms with Crippen LogP contribution in [0.5, 0.6) is 5.75 Å². The van der Waals surface area contributed by atoms with Gasteiger partial charge >= 0.3 is 0 Å². The number of hydrogen-bond acceptors (Lipinski definition) is 3. The third kappa shape index (κ3) is 3.58. The van der Waals surface area contributed by atoms with Crippen molar-refractivity contribution in [3.63, 3.8) is 0 Å². The minimum absolute atomic E-state index is 0.0723. The Morgan fingerprint density at radius 3 is 2.79 bits per heavy atom. The van der Waals surface area contributed by atoms with Crippen molar-refractivity contribution in [1.29, 1.82) is 0 Å². The van der Waals surface area contributed by atoms with E-state index in [4.69, 9.17) is 0 Å². The molecule has 2 aromatic rings. The maximum atomic E-state index is 11.8. The molecule has 0 aliphatic heterocycles. The fourth-order valence-corrected chi connectivity index (χ4v) is 2.83. The topological polar surface area (TPSA) is 49.3 Å². The van der Waals surface area contributed by atoms with E-state index in [1.54, 1.807) is 29.5 Å². The maximum Gasteiger partial charge on any atom is 0.224 e. The van der Waals surface area contributed by atoms with Crippen molar-refractivity contribution >= 4 is 17.2 Å². The van der Waals surface area contributed by atoms with E-state index in [0.717, 1.165) is 6.42 Å². The summed E-state index contributed by atoms with van der Waals surface area (Å²) in [6.07, 6.45) is 1.19. The number of para-hydroxylation sites is 1. The highest BCUT2D eigenvalue weighted by Crippen LogP contribution is 2.18. The Hall–Kier alpha value is -1.81. The first-order valence-electron chi connectivity index (χ1n) is 6.29. The van der Waals surface area contributed by atoms with Gasteiger partial charge in [-0.2, -0.15) is 0 Å². The number of phenolic OH excluding ortho intramolecular Hbond substituents is 1. The van der Waals surface area contributed by atoms with Crippen molar-refractivity contribution in [2.45, 2.75) is 26.3 Å². The first-order chi connectivity index (χ1) is 9.20. The summed E-state index contributed by atoms with van der Waals surface area (Å²) in [6.45, 7) is 2.67. The number of aromatic hydroxyl groups is 1. The molecule has 1 aromatic carbocycles. The summed E-state index contributed by atoms with van der Waals surface area (Å²) < 4.78 is 0. The average molecular weight is 275 g/mol. The summed E-state index contributed by atoms with van der Waals surface area (Å²) in [6, 6.07) is 9.01. The highest BCUT2D eigenvalue weighted by molar-refractivity contribution is 7.10. The zero-order chi connectivity index (χ0) is 13.7. The van der Waals surface area contributed by atoms with Crippen LogP contribution in [0.1, 0.15) is 22.9 Å². The third-order valence-electron chi connectivity index (χ3n) is 3.01. The number of rotatable bonds is 5. The van der Waals surface area contributed by atoms with Crippen LogP contribution in [0.2, 0.25) is 0 Å². The first kappa shape index (κ1) is 13.6. The summed E-state index contributed by atoms with van der Waals surface area (Å²) in [7, 11) is 0. The lowest BCUT2D eigenvalue weighted by atomic mass is 10.1. The van der Waals surface area contributed by atoms with Crippen molar-refractivity contribution in [2.75, 3.05) is 0 Å². The minimum Gasteiger partial charge on any atom is -0.508 e. The standard InChI is InChI=1S/C15H17NO2S/c1-2-11-7-8-19-14(11)10-16-15(18)9-12-5-3-4-6-13(12)17/h3-8,17H,2,9-10H2,1H3,(H,16,18). The molecule has 0 radical (unpaired) electrons. The number of carbonyl (C=O) groups is 1. The molecule has 0 aliphatic rings. The molecule has 19 heavy (non-hydrogen) atoms. The van der Waals surface area contributed by atoms with Gasteiger partial charge in [-0.05, 0) is 29.5 Å². The molecule has 0 bridgehead atoms. The van der Waals surface area contributed by atoms with Crippen molar-refractivity contribution in [3.8, 4) is 5.75 Å². The Morgan fingerprint density at radius 2 is 2.05 bits per heavy atom. The summed E-state index contributed by atoms with van der Waals surface area (Å²) >= 11 is 1.66. The van der Waals surface area contributed by atoms with Crippen LogP contribution in [0.15, 0.2) is 35.7 Å². The number of thiophene rings is 1. The number of phenols is 1. The summed E-state index contributed by atoms with van der Waals surface area (Å²) in [5.74, 6) is 0.0972. The Morgan fingerprint density at radius 1 is 1.26 bits per heavy atom. The van der Waals surface area contributed by atoms with Gasteiger partial charge in [-0.25, -0.2) is 0 Å². The number of nitrogens with one attached hydrogen (secondary N) is 1. The van der Waals surface area contributed by atoms with Gasteiger partial charge in [0.15, 0.2) is 0 Å². The van der Waals surface area contributed by atoms with Crippen molar-refractivity contribution in [1.82, 2.24) is 5.32 Å². The van der Waals surface area contributed by atoms with Crippen LogP contribution >= 0.6 is 11.3 Å². The van der Waals surface area contributed by atoms with Crippen molar-refractivity contribution in [2.24, 2.45) is 0 Å². The molecular weight excluding hydrogens is 258 g/mol. The summed E-state index contributed by atoms with van der Waals surface area (Å²) in [4.78, 5) is 13.0. The minimum atomic E-state index is -0.0723. The van der Waals surface area contributed by atoms with E-state index in [0.29, 0.717) is 12.1 Å². The normalized spacial score (nSPS) is 10.4. The molecule has 100 valence electrons. The number of benzene rings is 1. The Labute approximate surface area is 116 Å². The van der Waals surface area contributed by atoms with Gasteiger partial charge in [0.2, 0.25) is 5.91 Å². The van der Waals surface area contributed by atoms with Crippen molar-refractivity contribution in [3.05, 3.63) is 51.7 Å². The zero-order valence-electron chi connectivity index (χ0n) is 10.8. The predicted molar refractivity (Wildman–Crippen MR) is 77.4 cm³/mol. The lowest BCUT2D eigenvalue weighted by Crippen LogP contribution is -2.24. The molecule has 0 saturated heterocycles. The van der Waals surface area contributed by atoms with E-state index in [9.17, 15) is 9.90 Å². The van der Waals surface area contributed by atoms with E-state index in [-0.39, 0.29) is 18.1 Å². The molecular formula is C15H17NO2S. The van der Waals surface area contributed by atoms with Crippen LogP contribution in [0, 0.1) is 0 Å². The Bertz CT molecular complexity index is 563. The molecule has 1 amide bonds. The van der Waals surface area contributed by atoms with Crippen molar-refractivity contribution < 1.29 is 9.90 Å². The molecule has 0 spiro atoms. The molecule has 3 nitrogen and oxygen atoms in total. The molecule has 2 N–H and O–H groups in total. The second-order valence-corrected chi connectivity index (χ2v) is 5.31. The smallest absolute Gasteiger partial charge is 0.224 e. The highest BCUT2D eigenvalue weighted by atomic mass is 32.1. The van der Waals surface area contributed by atoms with Gasteiger partial charge in [0.1, 0.15) is 5.75 Å². The van der Waals surface area contributed by atoms with Crippen LogP contribution in [0.4, 0.5) is 0 Å². The van der Waals surface area contributed by atoms with E-state index < -0.39 is 0 Å². The quantitative estimate of drug-likeness (QED) is 0.881. The molecule has 0 saturated carbocycles. The van der Waals surface area contributed by atoms with Gasteiger partial charge in [-0.15, -0.1) is 11.3 Å². The van der Waals surface area contributed by atoms with Gasteiger partial charge in [0.05, 0.1) is 13.0 Å². The van der Waals surface area contributed by atoms with Gasteiger partial charge < -0.3 is 10.4 Å². The fourth-order valence-electron chi connectivity index (χ4n) is 1.91. The lowest BCUT2D eigenvalue weighted by molar-refractivity contribution is -0.120. The number of hydrogen-bond donors (Lipinski definition) is 2. The second-order valence-electron chi connectivity index (χ2n) is 4.30. The largest absolute Gasteiger partial charge is 0.508 e. The fraction of sp³-hybridized carbons (Fsp3) is 0.267. The molecule has 0 aliphatic carbocycles. The molecule has 2 rings (SSSR count). The number of carbonyl (C=O) groups excluding carboxylic acids is 1. The molecule has 0 fully saturated rings. The zero-order valence-corrected chi connectivity index (χ0v) is 11.7. The SMILES string of the molecule is CCc1ccsc1CNC(=O)Cc1ccccc1O. The van der Waals surface area contributed by atoms with E-state index in [1.807, 2.05) is 11.4 Å². The van der Waals surface area contributed by atoms with E-state index in [2.05, 4.69) is 18.3 Å². The Balaban J connectivity index is 1.90. The highest BCUT2D eigenvalue weighted by Gasteiger charge is 2.08. The molecule has 1 aromatic heterocycles. The average Bonchev–Trinajstić information content (AvgIpc) is 2.86. The van der Waals surface area contributed by atoms with Crippen LogP contribution in [-0.2, 0) is 24.2 Å². The molecule has 0 unspecified atom stereocenters. The van der Waals surface area contributed by atoms with Gasteiger partial charge in [0.25, 0.3) is 0 Å². The lowest BCUT2D eigenvalue weighted by Gasteiger charge is -2.06. The number of amides is 1. The summed E-state index contributed by atoms with van der Waals surface area (Å²) in [5.41, 5.74) is 1.94. The maximum absolute atomic E-state index is 11.8. The van der Waals surface area contributed by atoms with Gasteiger partial charge in [-0.1, -0.05) is 25.1 Å². The van der Waals surface area contributed by atoms with Gasteiger partial charge in [-0.3, -0.25) is 4.79 Å². The number of aryl methyl sites for hydroxylation is 1.